The van der Waals surface area contributed by atoms with E-state index in [4.69, 9.17) is 11.6 Å². The Balaban J connectivity index is 1.89. The number of amides is 2. The van der Waals surface area contributed by atoms with Crippen molar-refractivity contribution < 1.29 is 14.5 Å². The highest BCUT2D eigenvalue weighted by Gasteiger charge is 2.16. The highest BCUT2D eigenvalue weighted by molar-refractivity contribution is 6.30. The number of carbonyl (C=O) groups excluding carboxylic acids is 2. The third-order valence-corrected chi connectivity index (χ3v) is 4.28. The first-order chi connectivity index (χ1) is 14.4. The molecule has 150 valence electrons. The highest BCUT2D eigenvalue weighted by atomic mass is 35.5. The third-order valence-electron chi connectivity index (χ3n) is 4.02. The van der Waals surface area contributed by atoms with E-state index in [9.17, 15) is 19.7 Å². The first-order valence-electron chi connectivity index (χ1n) is 8.82. The van der Waals surface area contributed by atoms with Crippen molar-refractivity contribution in [2.45, 2.75) is 0 Å². The van der Waals surface area contributed by atoms with E-state index in [0.29, 0.717) is 16.1 Å². The molecule has 0 aliphatic rings. The number of nitro groups is 1. The van der Waals surface area contributed by atoms with Crippen LogP contribution in [0.5, 0.6) is 0 Å². The first-order valence-corrected chi connectivity index (χ1v) is 9.19. The molecule has 0 saturated carbocycles. The number of benzene rings is 3. The van der Waals surface area contributed by atoms with Crippen LogP contribution >= 0.6 is 11.6 Å². The molecule has 3 aromatic rings. The van der Waals surface area contributed by atoms with Crippen molar-refractivity contribution in [1.29, 1.82) is 0 Å². The van der Waals surface area contributed by atoms with Crippen molar-refractivity contribution in [3.05, 3.63) is 111 Å². The fraction of sp³-hybridized carbons (Fsp3) is 0. The lowest BCUT2D eigenvalue weighted by atomic mass is 10.1. The van der Waals surface area contributed by atoms with Crippen LogP contribution in [0.4, 0.5) is 11.4 Å². The average Bonchev–Trinajstić information content (AvgIpc) is 2.75. The van der Waals surface area contributed by atoms with E-state index in [2.05, 4.69) is 10.6 Å². The standard InChI is InChI=1S/C22H16ClN3O4/c23-17-11-9-15(10-12-17)13-20(25-21(27)16-5-2-1-3-6-16)22(28)24-18-7-4-8-19(14-18)26(29)30/h1-14H,(H,24,28)(H,25,27). The number of nitrogens with zero attached hydrogens (tertiary/aromatic N) is 1. The Morgan fingerprint density at radius 3 is 2.30 bits per heavy atom. The zero-order valence-corrected chi connectivity index (χ0v) is 16.3. The van der Waals surface area contributed by atoms with Gasteiger partial charge in [0.15, 0.2) is 0 Å². The Kier molecular flexibility index (Phi) is 6.56. The van der Waals surface area contributed by atoms with Crippen LogP contribution in [-0.4, -0.2) is 16.7 Å². The number of non-ortho nitro benzene ring substituents is 1. The second-order valence-electron chi connectivity index (χ2n) is 6.19. The van der Waals surface area contributed by atoms with Gasteiger partial charge in [-0.15, -0.1) is 0 Å². The van der Waals surface area contributed by atoms with Gasteiger partial charge in [0.1, 0.15) is 5.70 Å². The monoisotopic (exact) mass is 421 g/mol. The molecule has 2 N–H and O–H groups in total. The number of anilines is 1. The summed E-state index contributed by atoms with van der Waals surface area (Å²) in [5, 5.41) is 16.7. The normalized spacial score (nSPS) is 10.9. The minimum Gasteiger partial charge on any atom is -0.320 e. The minimum absolute atomic E-state index is 0.0299. The van der Waals surface area contributed by atoms with Gasteiger partial charge in [-0.2, -0.15) is 0 Å². The molecule has 0 bridgehead atoms. The van der Waals surface area contributed by atoms with Crippen LogP contribution in [0.15, 0.2) is 84.6 Å². The van der Waals surface area contributed by atoms with Crippen LogP contribution in [0.2, 0.25) is 5.02 Å². The lowest BCUT2D eigenvalue weighted by Gasteiger charge is -2.11. The van der Waals surface area contributed by atoms with Gasteiger partial charge in [0.25, 0.3) is 17.5 Å². The first kappa shape index (κ1) is 20.8. The summed E-state index contributed by atoms with van der Waals surface area (Å²) in [6.07, 6.45) is 1.49. The van der Waals surface area contributed by atoms with Gasteiger partial charge in [0.05, 0.1) is 4.92 Å². The van der Waals surface area contributed by atoms with E-state index in [1.54, 1.807) is 54.6 Å². The third kappa shape index (κ3) is 5.52. The SMILES string of the molecule is O=C(Nc1cccc([N+](=O)[O-])c1)C(=Cc1ccc(Cl)cc1)NC(=O)c1ccccc1. The van der Waals surface area contributed by atoms with Crippen LogP contribution in [0, 0.1) is 10.1 Å². The Bertz CT molecular complexity index is 1110. The lowest BCUT2D eigenvalue weighted by Crippen LogP contribution is -2.30. The smallest absolute Gasteiger partial charge is 0.272 e. The van der Waals surface area contributed by atoms with Crippen LogP contribution in [-0.2, 0) is 4.79 Å². The van der Waals surface area contributed by atoms with Crippen LogP contribution in [0.1, 0.15) is 15.9 Å². The molecule has 0 unspecified atom stereocenters. The maximum absolute atomic E-state index is 12.8. The quantitative estimate of drug-likeness (QED) is 0.343. The molecule has 0 fully saturated rings. The molecule has 0 aliphatic heterocycles. The molecule has 3 aromatic carbocycles. The summed E-state index contributed by atoms with van der Waals surface area (Å²) in [7, 11) is 0. The summed E-state index contributed by atoms with van der Waals surface area (Å²) in [4.78, 5) is 35.8. The Morgan fingerprint density at radius 1 is 0.933 bits per heavy atom. The molecule has 8 heteroatoms. The van der Waals surface area contributed by atoms with Gasteiger partial charge in [-0.05, 0) is 42.0 Å². The van der Waals surface area contributed by atoms with Gasteiger partial charge in [-0.1, -0.05) is 48.0 Å². The van der Waals surface area contributed by atoms with Crippen molar-refractivity contribution in [3.8, 4) is 0 Å². The topological polar surface area (TPSA) is 101 Å². The maximum atomic E-state index is 12.8. The molecule has 0 atom stereocenters. The Labute approximate surface area is 177 Å². The van der Waals surface area contributed by atoms with Gasteiger partial charge in [-0.25, -0.2) is 0 Å². The summed E-state index contributed by atoms with van der Waals surface area (Å²) in [5.41, 5.74) is 1.05. The Hall–Kier alpha value is -3.97. The van der Waals surface area contributed by atoms with E-state index < -0.39 is 16.7 Å². The van der Waals surface area contributed by atoms with E-state index >= 15 is 0 Å². The molecule has 0 aliphatic carbocycles. The van der Waals surface area contributed by atoms with E-state index in [1.807, 2.05) is 0 Å². The maximum Gasteiger partial charge on any atom is 0.272 e. The van der Waals surface area contributed by atoms with E-state index in [-0.39, 0.29) is 17.1 Å². The molecule has 3 rings (SSSR count). The molecule has 0 aromatic heterocycles. The summed E-state index contributed by atoms with van der Waals surface area (Å²) < 4.78 is 0. The van der Waals surface area contributed by atoms with Crippen molar-refractivity contribution in [2.75, 3.05) is 5.32 Å². The fourth-order valence-corrected chi connectivity index (χ4v) is 2.69. The number of hydrogen-bond acceptors (Lipinski definition) is 4. The lowest BCUT2D eigenvalue weighted by molar-refractivity contribution is -0.384. The van der Waals surface area contributed by atoms with E-state index in [1.165, 1.54) is 30.3 Å². The second kappa shape index (κ2) is 9.49. The van der Waals surface area contributed by atoms with Gasteiger partial charge < -0.3 is 10.6 Å². The van der Waals surface area contributed by atoms with Crippen molar-refractivity contribution in [2.24, 2.45) is 0 Å². The van der Waals surface area contributed by atoms with Crippen molar-refractivity contribution >= 4 is 40.9 Å². The summed E-state index contributed by atoms with van der Waals surface area (Å²) >= 11 is 5.90. The minimum atomic E-state index is -0.630. The molecule has 0 saturated heterocycles. The number of carbonyl (C=O) groups is 2. The van der Waals surface area contributed by atoms with Crippen LogP contribution in [0.3, 0.4) is 0 Å². The fourth-order valence-electron chi connectivity index (χ4n) is 2.56. The number of halogens is 1. The predicted molar refractivity (Wildman–Crippen MR) is 115 cm³/mol. The molecule has 0 radical (unpaired) electrons. The number of rotatable bonds is 6. The van der Waals surface area contributed by atoms with Crippen LogP contribution < -0.4 is 10.6 Å². The Morgan fingerprint density at radius 2 is 1.63 bits per heavy atom. The zero-order chi connectivity index (χ0) is 21.5. The number of nitrogens with one attached hydrogen (secondary N) is 2. The number of nitro benzene ring substituents is 1. The largest absolute Gasteiger partial charge is 0.320 e. The molecule has 0 spiro atoms. The number of hydrogen-bond donors (Lipinski definition) is 2. The van der Waals surface area contributed by atoms with Crippen molar-refractivity contribution in [3.63, 3.8) is 0 Å². The van der Waals surface area contributed by atoms with E-state index in [0.717, 1.165) is 0 Å². The molecule has 30 heavy (non-hydrogen) atoms. The molecular weight excluding hydrogens is 406 g/mol. The average molecular weight is 422 g/mol. The highest BCUT2D eigenvalue weighted by Crippen LogP contribution is 2.18. The summed E-state index contributed by atoms with van der Waals surface area (Å²) in [6.45, 7) is 0. The molecule has 7 nitrogen and oxygen atoms in total. The van der Waals surface area contributed by atoms with Gasteiger partial charge >= 0.3 is 0 Å². The van der Waals surface area contributed by atoms with Gasteiger partial charge in [0.2, 0.25) is 0 Å². The molecular formula is C22H16ClN3O4. The van der Waals surface area contributed by atoms with Gasteiger partial charge in [0, 0.05) is 28.4 Å². The van der Waals surface area contributed by atoms with Crippen LogP contribution in [0.25, 0.3) is 6.08 Å². The zero-order valence-electron chi connectivity index (χ0n) is 15.5. The molecule has 2 amide bonds. The summed E-state index contributed by atoms with van der Waals surface area (Å²) in [6, 6.07) is 20.6. The molecule has 0 heterocycles. The summed E-state index contributed by atoms with van der Waals surface area (Å²) in [5.74, 6) is -1.10. The van der Waals surface area contributed by atoms with Crippen molar-refractivity contribution in [1.82, 2.24) is 5.32 Å². The van der Waals surface area contributed by atoms with Gasteiger partial charge in [-0.3, -0.25) is 19.7 Å². The predicted octanol–water partition coefficient (Wildman–Crippen LogP) is 4.66. The second-order valence-corrected chi connectivity index (χ2v) is 6.63.